The lowest BCUT2D eigenvalue weighted by Gasteiger charge is -2.13. The van der Waals surface area contributed by atoms with Gasteiger partial charge in [0.25, 0.3) is 0 Å². The smallest absolute Gasteiger partial charge is 0.0568 e. The van der Waals surface area contributed by atoms with E-state index in [1.807, 2.05) is 0 Å². The molecule has 11 rings (SSSR count). The number of nitrogens with zero attached hydrogens (tertiary/aromatic N) is 3. The normalized spacial score (nSPS) is 12.3. The van der Waals surface area contributed by atoms with E-state index in [0.29, 0.717) is 0 Å². The molecule has 0 unspecified atom stereocenters. The molecular formula is C44H27N3. The van der Waals surface area contributed by atoms with Gasteiger partial charge in [0.1, 0.15) is 0 Å². The summed E-state index contributed by atoms with van der Waals surface area (Å²) in [4.78, 5) is 0. The van der Waals surface area contributed by atoms with E-state index >= 15 is 0 Å². The monoisotopic (exact) mass is 597 g/mol. The molecule has 3 heterocycles. The zero-order valence-electron chi connectivity index (χ0n) is 25.4. The van der Waals surface area contributed by atoms with Gasteiger partial charge in [0, 0.05) is 43.7 Å². The predicted molar refractivity (Wildman–Crippen MR) is 198 cm³/mol. The van der Waals surface area contributed by atoms with Crippen LogP contribution in [0.5, 0.6) is 0 Å². The molecule has 0 bridgehead atoms. The van der Waals surface area contributed by atoms with Crippen molar-refractivity contribution in [2.75, 3.05) is 0 Å². The van der Waals surface area contributed by atoms with Crippen LogP contribution in [-0.2, 0) is 0 Å². The zero-order chi connectivity index (χ0) is 30.6. The van der Waals surface area contributed by atoms with Crippen molar-refractivity contribution < 1.29 is 0 Å². The molecule has 0 spiro atoms. The fraction of sp³-hybridized carbons (Fsp3) is 0. The average molecular weight is 598 g/mol. The molecule has 11 aromatic rings. The van der Waals surface area contributed by atoms with E-state index in [-0.39, 0.29) is 0 Å². The highest BCUT2D eigenvalue weighted by atomic mass is 15.0. The van der Waals surface area contributed by atoms with Crippen molar-refractivity contribution >= 4 is 76.2 Å². The molecule has 8 aromatic carbocycles. The first kappa shape index (κ1) is 24.9. The molecule has 3 aromatic heterocycles. The van der Waals surface area contributed by atoms with Crippen LogP contribution in [0.15, 0.2) is 164 Å². The number of rotatable bonds is 3. The van der Waals surface area contributed by atoms with Crippen LogP contribution >= 0.6 is 0 Å². The number of hydrogen-bond acceptors (Lipinski definition) is 0. The lowest BCUT2D eigenvalue weighted by atomic mass is 9.98. The highest BCUT2D eigenvalue weighted by Gasteiger charge is 2.24. The molecule has 47 heavy (non-hydrogen) atoms. The third kappa shape index (κ3) is 3.20. The van der Waals surface area contributed by atoms with Crippen molar-refractivity contribution in [1.29, 1.82) is 0 Å². The van der Waals surface area contributed by atoms with E-state index in [0.717, 1.165) is 5.69 Å². The molecule has 0 saturated heterocycles. The average Bonchev–Trinajstić information content (AvgIpc) is 3.77. The Morgan fingerprint density at radius 3 is 1.53 bits per heavy atom. The number of para-hydroxylation sites is 4. The van der Waals surface area contributed by atoms with Crippen LogP contribution in [-0.4, -0.2) is 13.7 Å². The number of aromatic nitrogens is 3. The molecule has 0 aliphatic carbocycles. The van der Waals surface area contributed by atoms with Gasteiger partial charge >= 0.3 is 0 Å². The molecule has 218 valence electrons. The maximum atomic E-state index is 2.51. The minimum atomic E-state index is 1.16. The first-order chi connectivity index (χ1) is 23.4. The van der Waals surface area contributed by atoms with Crippen molar-refractivity contribution in [3.8, 4) is 17.1 Å². The van der Waals surface area contributed by atoms with E-state index in [1.54, 1.807) is 0 Å². The molecule has 0 atom stereocenters. The van der Waals surface area contributed by atoms with Crippen LogP contribution in [0.1, 0.15) is 0 Å². The van der Waals surface area contributed by atoms with Crippen LogP contribution in [0, 0.1) is 0 Å². The summed E-state index contributed by atoms with van der Waals surface area (Å²) in [5, 5.41) is 10.3. The van der Waals surface area contributed by atoms with E-state index in [1.165, 1.54) is 87.6 Å². The summed E-state index contributed by atoms with van der Waals surface area (Å²) in [7, 11) is 0. The Bertz CT molecular complexity index is 2990. The molecule has 3 heteroatoms. The summed E-state index contributed by atoms with van der Waals surface area (Å²) < 4.78 is 7.37. The van der Waals surface area contributed by atoms with Crippen molar-refractivity contribution in [3.63, 3.8) is 0 Å². The van der Waals surface area contributed by atoms with Gasteiger partial charge in [-0.1, -0.05) is 103 Å². The molecule has 0 N–H and O–H groups in total. The molecule has 0 fully saturated rings. The fourth-order valence-electron chi connectivity index (χ4n) is 8.36. The van der Waals surface area contributed by atoms with Gasteiger partial charge in [0.05, 0.1) is 38.8 Å². The van der Waals surface area contributed by atoms with Gasteiger partial charge in [0.15, 0.2) is 0 Å². The van der Waals surface area contributed by atoms with Crippen LogP contribution < -0.4 is 0 Å². The van der Waals surface area contributed by atoms with Gasteiger partial charge in [0.2, 0.25) is 0 Å². The van der Waals surface area contributed by atoms with E-state index < -0.39 is 0 Å². The number of benzene rings is 8. The Kier molecular flexibility index (Phi) is 4.84. The zero-order valence-corrected chi connectivity index (χ0v) is 25.4. The second kappa shape index (κ2) is 9.12. The van der Waals surface area contributed by atoms with Gasteiger partial charge in [-0.25, -0.2) is 0 Å². The molecular weight excluding hydrogens is 571 g/mol. The summed E-state index contributed by atoms with van der Waals surface area (Å²) in [6.45, 7) is 0. The predicted octanol–water partition coefficient (Wildman–Crippen LogP) is 11.6. The lowest BCUT2D eigenvalue weighted by molar-refractivity contribution is 1.16. The van der Waals surface area contributed by atoms with Crippen molar-refractivity contribution in [1.82, 2.24) is 13.7 Å². The van der Waals surface area contributed by atoms with Crippen LogP contribution in [0.4, 0.5) is 0 Å². The van der Waals surface area contributed by atoms with Crippen LogP contribution in [0.25, 0.3) is 93.3 Å². The Hall–Kier alpha value is -6.32. The topological polar surface area (TPSA) is 14.8 Å². The maximum absolute atomic E-state index is 2.51. The van der Waals surface area contributed by atoms with Gasteiger partial charge < -0.3 is 13.7 Å². The SMILES string of the molecule is c1ccc(-n2c3ccccc3c3c(-n4c5ccccc5c5c6ccc7cccc8c7c6c(cc54)n8-c4ccccc4)cccc32)cc1. The van der Waals surface area contributed by atoms with Gasteiger partial charge in [-0.05, 0) is 71.4 Å². The summed E-state index contributed by atoms with van der Waals surface area (Å²) >= 11 is 0. The lowest BCUT2D eigenvalue weighted by Crippen LogP contribution is -1.97. The summed E-state index contributed by atoms with van der Waals surface area (Å²) in [5.74, 6) is 0. The van der Waals surface area contributed by atoms with Gasteiger partial charge in [-0.3, -0.25) is 0 Å². The number of fused-ring (bicyclic) bond motifs is 7. The second-order valence-corrected chi connectivity index (χ2v) is 12.5. The fourth-order valence-corrected chi connectivity index (χ4v) is 8.36. The van der Waals surface area contributed by atoms with Crippen molar-refractivity contribution in [3.05, 3.63) is 164 Å². The summed E-state index contributed by atoms with van der Waals surface area (Å²) in [6, 6.07) is 59.8. The Balaban J connectivity index is 1.36. The number of hydrogen-bond donors (Lipinski definition) is 0. The summed E-state index contributed by atoms with van der Waals surface area (Å²) in [5.41, 5.74) is 10.8. The standard InChI is InChI=1S/C44H27N3/c1-3-14-29(15-4-1)45-34-20-9-8-19-32(34)43-37(45)23-12-24-38(43)47-35-21-10-7-18-31(35)42-33-26-25-28-13-11-22-36-41(28)44(33)40(27-39(42)47)46(36)30-16-5-2-6-17-30/h1-27H. The highest BCUT2D eigenvalue weighted by molar-refractivity contribution is 6.34. The third-order valence-corrected chi connectivity index (χ3v) is 10.2. The van der Waals surface area contributed by atoms with E-state index in [2.05, 4.69) is 177 Å². The quantitative estimate of drug-likeness (QED) is 0.180. The van der Waals surface area contributed by atoms with E-state index in [9.17, 15) is 0 Å². The largest absolute Gasteiger partial charge is 0.309 e. The Morgan fingerprint density at radius 1 is 0.277 bits per heavy atom. The first-order valence-electron chi connectivity index (χ1n) is 16.2. The molecule has 0 aliphatic rings. The van der Waals surface area contributed by atoms with Crippen molar-refractivity contribution in [2.45, 2.75) is 0 Å². The molecule has 3 nitrogen and oxygen atoms in total. The van der Waals surface area contributed by atoms with Crippen LogP contribution in [0.3, 0.4) is 0 Å². The van der Waals surface area contributed by atoms with Crippen molar-refractivity contribution in [2.24, 2.45) is 0 Å². The molecule has 0 aliphatic heterocycles. The molecule has 0 radical (unpaired) electrons. The second-order valence-electron chi connectivity index (χ2n) is 12.5. The third-order valence-electron chi connectivity index (χ3n) is 10.2. The Morgan fingerprint density at radius 2 is 0.809 bits per heavy atom. The van der Waals surface area contributed by atoms with Crippen LogP contribution in [0.2, 0.25) is 0 Å². The molecule has 0 amide bonds. The van der Waals surface area contributed by atoms with Gasteiger partial charge in [-0.15, -0.1) is 0 Å². The van der Waals surface area contributed by atoms with Gasteiger partial charge in [-0.2, -0.15) is 0 Å². The Labute approximate surface area is 270 Å². The highest BCUT2D eigenvalue weighted by Crippen LogP contribution is 2.46. The maximum Gasteiger partial charge on any atom is 0.0568 e. The minimum absolute atomic E-state index is 1.16. The first-order valence-corrected chi connectivity index (χ1v) is 16.2. The molecule has 0 saturated carbocycles. The summed E-state index contributed by atoms with van der Waals surface area (Å²) in [6.07, 6.45) is 0. The minimum Gasteiger partial charge on any atom is -0.309 e. The van der Waals surface area contributed by atoms with E-state index in [4.69, 9.17) is 0 Å².